The number of likely N-dealkylation sites (tertiary alicyclic amines) is 1. The summed E-state index contributed by atoms with van der Waals surface area (Å²) in [5.41, 5.74) is 2.42. The molecule has 0 aromatic heterocycles. The van der Waals surface area contributed by atoms with Gasteiger partial charge in [-0.3, -0.25) is 0 Å². The molecule has 0 unspecified atom stereocenters. The average molecular weight is 397 g/mol. The molecule has 148 valence electrons. The van der Waals surface area contributed by atoms with Crippen LogP contribution in [0.1, 0.15) is 49.7 Å². The van der Waals surface area contributed by atoms with E-state index in [0.717, 1.165) is 24.4 Å². The molecule has 0 N–H and O–H groups in total. The highest BCUT2D eigenvalue weighted by molar-refractivity contribution is 7.90. The molecule has 1 aliphatic carbocycles. The van der Waals surface area contributed by atoms with Gasteiger partial charge in [0.05, 0.1) is 4.90 Å². The van der Waals surface area contributed by atoms with Crippen molar-refractivity contribution in [3.8, 4) is 0 Å². The standard InChI is InChI=1S/C23H28N2O2S/c1-19-10-12-21(13-11-19)28(26,27)24-22-16-23(14-6-3-7-15-23)18-25(22)17-20-8-4-2-5-9-20/h2,4-5,8-13H,3,6-7,14-18H2,1H3/b24-22+. The van der Waals surface area contributed by atoms with Crippen molar-refractivity contribution in [2.75, 3.05) is 6.54 Å². The van der Waals surface area contributed by atoms with Gasteiger partial charge in [0.1, 0.15) is 5.84 Å². The molecular weight excluding hydrogens is 368 g/mol. The van der Waals surface area contributed by atoms with Gasteiger partial charge < -0.3 is 4.90 Å². The van der Waals surface area contributed by atoms with Gasteiger partial charge in [-0.15, -0.1) is 4.40 Å². The van der Waals surface area contributed by atoms with E-state index in [1.54, 1.807) is 12.1 Å². The van der Waals surface area contributed by atoms with Crippen LogP contribution < -0.4 is 0 Å². The van der Waals surface area contributed by atoms with Crippen LogP contribution in [0.3, 0.4) is 0 Å². The van der Waals surface area contributed by atoms with E-state index in [-0.39, 0.29) is 10.3 Å². The van der Waals surface area contributed by atoms with E-state index < -0.39 is 10.0 Å². The molecule has 1 spiro atoms. The molecule has 2 fully saturated rings. The maximum Gasteiger partial charge on any atom is 0.283 e. The van der Waals surface area contributed by atoms with E-state index in [2.05, 4.69) is 21.4 Å². The fourth-order valence-electron chi connectivity index (χ4n) is 4.58. The lowest BCUT2D eigenvalue weighted by Gasteiger charge is -2.32. The Bertz CT molecular complexity index is 944. The van der Waals surface area contributed by atoms with Gasteiger partial charge in [-0.05, 0) is 42.9 Å². The Morgan fingerprint density at radius 3 is 2.32 bits per heavy atom. The van der Waals surface area contributed by atoms with Gasteiger partial charge in [0.25, 0.3) is 10.0 Å². The maximum absolute atomic E-state index is 13.0. The zero-order valence-corrected chi connectivity index (χ0v) is 17.3. The number of hydrogen-bond donors (Lipinski definition) is 0. The molecular formula is C23H28N2O2S. The molecule has 1 heterocycles. The van der Waals surface area contributed by atoms with Crippen LogP contribution in [-0.2, 0) is 16.6 Å². The third-order valence-electron chi connectivity index (χ3n) is 6.10. The van der Waals surface area contributed by atoms with Crippen molar-refractivity contribution >= 4 is 15.9 Å². The number of sulfonamides is 1. The lowest BCUT2D eigenvalue weighted by Crippen LogP contribution is -2.30. The predicted molar refractivity (Wildman–Crippen MR) is 113 cm³/mol. The Morgan fingerprint density at radius 1 is 0.964 bits per heavy atom. The van der Waals surface area contributed by atoms with E-state index in [1.807, 2.05) is 37.3 Å². The van der Waals surface area contributed by atoms with E-state index in [9.17, 15) is 8.42 Å². The number of benzene rings is 2. The molecule has 2 aliphatic rings. The zero-order valence-electron chi connectivity index (χ0n) is 16.5. The summed E-state index contributed by atoms with van der Waals surface area (Å²) in [4.78, 5) is 2.47. The van der Waals surface area contributed by atoms with Gasteiger partial charge in [-0.1, -0.05) is 67.3 Å². The van der Waals surface area contributed by atoms with Gasteiger partial charge >= 0.3 is 0 Å². The monoisotopic (exact) mass is 396 g/mol. The number of aryl methyl sites for hydroxylation is 1. The zero-order chi connectivity index (χ0) is 19.6. The second kappa shape index (κ2) is 7.70. The van der Waals surface area contributed by atoms with Crippen molar-refractivity contribution in [3.05, 3.63) is 65.7 Å². The molecule has 2 aromatic rings. The van der Waals surface area contributed by atoms with Crippen LogP contribution in [0.5, 0.6) is 0 Å². The highest BCUT2D eigenvalue weighted by Gasteiger charge is 2.42. The first-order chi connectivity index (χ1) is 13.5. The van der Waals surface area contributed by atoms with Gasteiger partial charge in [0, 0.05) is 19.5 Å². The van der Waals surface area contributed by atoms with Crippen LogP contribution in [-0.4, -0.2) is 25.7 Å². The summed E-state index contributed by atoms with van der Waals surface area (Å²) in [6.45, 7) is 3.57. The predicted octanol–water partition coefficient (Wildman–Crippen LogP) is 4.94. The van der Waals surface area contributed by atoms with E-state index in [1.165, 1.54) is 37.7 Å². The van der Waals surface area contributed by atoms with Gasteiger partial charge in [0.2, 0.25) is 0 Å². The molecule has 0 amide bonds. The Morgan fingerprint density at radius 2 is 1.64 bits per heavy atom. The highest BCUT2D eigenvalue weighted by Crippen LogP contribution is 2.45. The van der Waals surface area contributed by atoms with Gasteiger partial charge in [-0.2, -0.15) is 8.42 Å². The molecule has 28 heavy (non-hydrogen) atoms. The molecule has 5 heteroatoms. The van der Waals surface area contributed by atoms with Crippen LogP contribution in [0.4, 0.5) is 0 Å². The van der Waals surface area contributed by atoms with Crippen molar-refractivity contribution in [1.29, 1.82) is 0 Å². The van der Waals surface area contributed by atoms with Gasteiger partial charge in [0.15, 0.2) is 0 Å². The molecule has 1 saturated carbocycles. The molecule has 0 bridgehead atoms. The first-order valence-electron chi connectivity index (χ1n) is 10.2. The topological polar surface area (TPSA) is 49.7 Å². The molecule has 4 nitrogen and oxygen atoms in total. The van der Waals surface area contributed by atoms with E-state index in [0.29, 0.717) is 6.54 Å². The number of rotatable bonds is 4. The van der Waals surface area contributed by atoms with Gasteiger partial charge in [-0.25, -0.2) is 0 Å². The first kappa shape index (κ1) is 19.2. The molecule has 1 saturated heterocycles. The molecule has 0 radical (unpaired) electrons. The maximum atomic E-state index is 13.0. The normalized spacial score (nSPS) is 20.8. The Hall–Kier alpha value is -2.14. The average Bonchev–Trinajstić information content (AvgIpc) is 2.99. The lowest BCUT2D eigenvalue weighted by atomic mass is 9.73. The van der Waals surface area contributed by atoms with Crippen LogP contribution in [0.25, 0.3) is 0 Å². The molecule has 4 rings (SSSR count). The Balaban J connectivity index is 1.66. The summed E-state index contributed by atoms with van der Waals surface area (Å²) in [5.74, 6) is 0.728. The Kier molecular flexibility index (Phi) is 5.28. The second-order valence-electron chi connectivity index (χ2n) is 8.37. The van der Waals surface area contributed by atoms with Crippen molar-refractivity contribution in [1.82, 2.24) is 4.90 Å². The number of nitrogens with zero attached hydrogens (tertiary/aromatic N) is 2. The van der Waals surface area contributed by atoms with E-state index >= 15 is 0 Å². The van der Waals surface area contributed by atoms with Crippen molar-refractivity contribution in [2.45, 2.75) is 56.9 Å². The largest absolute Gasteiger partial charge is 0.354 e. The minimum Gasteiger partial charge on any atom is -0.354 e. The third kappa shape index (κ3) is 4.14. The van der Waals surface area contributed by atoms with Crippen LogP contribution in [0.15, 0.2) is 63.9 Å². The smallest absolute Gasteiger partial charge is 0.283 e. The quantitative estimate of drug-likeness (QED) is 0.735. The van der Waals surface area contributed by atoms with Crippen molar-refractivity contribution in [2.24, 2.45) is 9.81 Å². The second-order valence-corrected chi connectivity index (χ2v) is 9.98. The summed E-state index contributed by atoms with van der Waals surface area (Å²) >= 11 is 0. The summed E-state index contributed by atoms with van der Waals surface area (Å²) < 4.78 is 30.3. The number of amidine groups is 1. The van der Waals surface area contributed by atoms with E-state index in [4.69, 9.17) is 0 Å². The molecule has 0 atom stereocenters. The fraction of sp³-hybridized carbons (Fsp3) is 0.435. The molecule has 2 aromatic carbocycles. The minimum atomic E-state index is -3.69. The lowest BCUT2D eigenvalue weighted by molar-refractivity contribution is 0.185. The highest BCUT2D eigenvalue weighted by atomic mass is 32.2. The third-order valence-corrected chi connectivity index (χ3v) is 7.42. The SMILES string of the molecule is Cc1ccc(S(=O)(=O)/N=C2\CC3(CCCCC3)CN2Cc2ccccc2)cc1. The van der Waals surface area contributed by atoms with Crippen LogP contribution in [0.2, 0.25) is 0 Å². The summed E-state index contributed by atoms with van der Waals surface area (Å²) in [7, 11) is -3.69. The van der Waals surface area contributed by atoms with Crippen LogP contribution >= 0.6 is 0 Å². The summed E-state index contributed by atoms with van der Waals surface area (Å²) in [6, 6.07) is 17.2. The van der Waals surface area contributed by atoms with Crippen LogP contribution in [0, 0.1) is 12.3 Å². The summed E-state index contributed by atoms with van der Waals surface area (Å²) in [6.07, 6.45) is 6.86. The van der Waals surface area contributed by atoms with Crippen molar-refractivity contribution < 1.29 is 8.42 Å². The summed E-state index contributed by atoms with van der Waals surface area (Å²) in [5, 5.41) is 0. The number of hydrogen-bond acceptors (Lipinski definition) is 2. The Labute approximate surface area is 168 Å². The van der Waals surface area contributed by atoms with Crippen molar-refractivity contribution in [3.63, 3.8) is 0 Å². The minimum absolute atomic E-state index is 0.189. The first-order valence-corrected chi connectivity index (χ1v) is 11.6. The fourth-order valence-corrected chi connectivity index (χ4v) is 5.62. The molecule has 1 aliphatic heterocycles.